The smallest absolute Gasteiger partial charge is 0.311 e. The third-order valence-corrected chi connectivity index (χ3v) is 4.63. The van der Waals surface area contributed by atoms with Crippen molar-refractivity contribution in [3.8, 4) is 5.69 Å². The average Bonchev–Trinajstić information content (AvgIpc) is 3.15. The molecule has 1 aromatic heterocycles. The Hall–Kier alpha value is -2.74. The van der Waals surface area contributed by atoms with Gasteiger partial charge in [-0.15, -0.1) is 0 Å². The first-order valence-electron chi connectivity index (χ1n) is 8.07. The van der Waals surface area contributed by atoms with E-state index < -0.39 is 11.4 Å². The summed E-state index contributed by atoms with van der Waals surface area (Å²) in [6.45, 7) is 2.72. The third kappa shape index (κ3) is 3.53. The van der Waals surface area contributed by atoms with Crippen molar-refractivity contribution in [1.82, 2.24) is 20.1 Å². The monoisotopic (exact) mass is 344 g/mol. The van der Waals surface area contributed by atoms with E-state index >= 15 is 0 Å². The Kier molecular flexibility index (Phi) is 4.80. The lowest BCUT2D eigenvalue weighted by Gasteiger charge is -2.33. The van der Waals surface area contributed by atoms with Crippen LogP contribution in [-0.2, 0) is 9.53 Å². The summed E-state index contributed by atoms with van der Waals surface area (Å²) in [4.78, 5) is 28.0. The van der Waals surface area contributed by atoms with Crippen LogP contribution in [0.2, 0.25) is 0 Å². The number of nitrogens with one attached hydrogen (secondary N) is 1. The van der Waals surface area contributed by atoms with Crippen LogP contribution in [0.15, 0.2) is 30.9 Å². The average molecular weight is 344 g/mol. The fraction of sp³-hybridized carbons (Fsp3) is 0.412. The van der Waals surface area contributed by atoms with Crippen LogP contribution in [-0.4, -0.2) is 51.5 Å². The fourth-order valence-corrected chi connectivity index (χ4v) is 2.96. The third-order valence-electron chi connectivity index (χ3n) is 4.63. The lowest BCUT2D eigenvalue weighted by atomic mass is 9.80. The molecule has 0 saturated carbocycles. The Bertz CT molecular complexity index is 767. The molecule has 2 heterocycles. The summed E-state index contributed by atoms with van der Waals surface area (Å²) in [6.07, 6.45) is 3.81. The maximum absolute atomic E-state index is 12.5. The molecule has 1 saturated heterocycles. The quantitative estimate of drug-likeness (QED) is 0.844. The van der Waals surface area contributed by atoms with Gasteiger partial charge in [-0.3, -0.25) is 9.59 Å². The molecule has 1 amide bonds. The second kappa shape index (κ2) is 7.02. The summed E-state index contributed by atoms with van der Waals surface area (Å²) in [5.41, 5.74) is 1.14. The second-order valence-electron chi connectivity index (χ2n) is 6.22. The van der Waals surface area contributed by atoms with E-state index in [1.807, 2.05) is 13.0 Å². The van der Waals surface area contributed by atoms with Crippen molar-refractivity contribution in [2.24, 2.45) is 5.41 Å². The van der Waals surface area contributed by atoms with Gasteiger partial charge in [0.2, 0.25) is 0 Å². The van der Waals surface area contributed by atoms with Crippen LogP contribution in [0.5, 0.6) is 0 Å². The van der Waals surface area contributed by atoms with Gasteiger partial charge >= 0.3 is 5.97 Å². The Morgan fingerprint density at radius 1 is 1.36 bits per heavy atom. The standard InChI is InChI=1S/C17H20N4O4/c1-12-8-13(21-11-18-10-20-21)2-3-14(12)15(22)19-9-17(16(23)24)4-6-25-7-5-17/h2-3,8,10-11H,4-7,9H2,1H3,(H,19,22)(H,23,24). The highest BCUT2D eigenvalue weighted by Gasteiger charge is 2.40. The van der Waals surface area contributed by atoms with Crippen molar-refractivity contribution in [2.45, 2.75) is 19.8 Å². The molecule has 0 unspecified atom stereocenters. The lowest BCUT2D eigenvalue weighted by Crippen LogP contribution is -2.46. The zero-order valence-corrected chi connectivity index (χ0v) is 13.9. The maximum Gasteiger partial charge on any atom is 0.311 e. The zero-order chi connectivity index (χ0) is 17.9. The van der Waals surface area contributed by atoms with Crippen molar-refractivity contribution in [2.75, 3.05) is 19.8 Å². The number of nitrogens with zero attached hydrogens (tertiary/aromatic N) is 3. The summed E-state index contributed by atoms with van der Waals surface area (Å²) in [6, 6.07) is 5.32. The van der Waals surface area contributed by atoms with Gasteiger partial charge in [-0.2, -0.15) is 5.10 Å². The minimum atomic E-state index is -0.956. The van der Waals surface area contributed by atoms with E-state index in [0.29, 0.717) is 31.6 Å². The number of carboxylic acids is 1. The van der Waals surface area contributed by atoms with Crippen molar-refractivity contribution in [1.29, 1.82) is 0 Å². The fourth-order valence-electron chi connectivity index (χ4n) is 2.96. The lowest BCUT2D eigenvalue weighted by molar-refractivity contribution is -0.154. The molecule has 8 nitrogen and oxygen atoms in total. The summed E-state index contributed by atoms with van der Waals surface area (Å²) in [5.74, 6) is -1.18. The van der Waals surface area contributed by atoms with Crippen molar-refractivity contribution < 1.29 is 19.4 Å². The van der Waals surface area contributed by atoms with Crippen LogP contribution in [0, 0.1) is 12.3 Å². The minimum absolute atomic E-state index is 0.0921. The minimum Gasteiger partial charge on any atom is -0.481 e. The van der Waals surface area contributed by atoms with E-state index in [2.05, 4.69) is 15.4 Å². The Labute approximate surface area is 144 Å². The number of hydrogen-bond donors (Lipinski definition) is 2. The molecule has 0 atom stereocenters. The van der Waals surface area contributed by atoms with Gasteiger partial charge in [-0.1, -0.05) is 0 Å². The molecule has 1 fully saturated rings. The largest absolute Gasteiger partial charge is 0.481 e. The first-order valence-corrected chi connectivity index (χ1v) is 8.07. The van der Waals surface area contributed by atoms with Gasteiger partial charge in [0.15, 0.2) is 0 Å². The number of aryl methyl sites for hydroxylation is 1. The number of rotatable bonds is 5. The molecule has 0 spiro atoms. The Morgan fingerprint density at radius 3 is 2.72 bits per heavy atom. The predicted octanol–water partition coefficient (Wildman–Crippen LogP) is 1.19. The molecular weight excluding hydrogens is 324 g/mol. The van der Waals surface area contributed by atoms with E-state index in [-0.39, 0.29) is 12.5 Å². The van der Waals surface area contributed by atoms with Crippen molar-refractivity contribution in [3.05, 3.63) is 42.0 Å². The highest BCUT2D eigenvalue weighted by atomic mass is 16.5. The van der Waals surface area contributed by atoms with Crippen LogP contribution in [0.3, 0.4) is 0 Å². The number of carbonyl (C=O) groups is 2. The summed E-state index contributed by atoms with van der Waals surface area (Å²) in [5, 5.41) is 16.4. The topological polar surface area (TPSA) is 106 Å². The molecule has 25 heavy (non-hydrogen) atoms. The van der Waals surface area contributed by atoms with Crippen LogP contribution < -0.4 is 5.32 Å². The molecule has 1 aromatic carbocycles. The molecule has 0 radical (unpaired) electrons. The molecule has 1 aliphatic heterocycles. The van der Waals surface area contributed by atoms with E-state index in [9.17, 15) is 14.7 Å². The first-order chi connectivity index (χ1) is 12.0. The second-order valence-corrected chi connectivity index (χ2v) is 6.22. The molecule has 1 aliphatic rings. The summed E-state index contributed by atoms with van der Waals surface area (Å²) < 4.78 is 6.85. The summed E-state index contributed by atoms with van der Waals surface area (Å²) in [7, 11) is 0. The van der Waals surface area contributed by atoms with Crippen LogP contribution in [0.25, 0.3) is 5.69 Å². The Morgan fingerprint density at radius 2 is 2.12 bits per heavy atom. The molecule has 0 bridgehead atoms. The maximum atomic E-state index is 12.5. The number of hydrogen-bond acceptors (Lipinski definition) is 5. The van der Waals surface area contributed by atoms with Gasteiger partial charge in [0.1, 0.15) is 12.7 Å². The first kappa shape index (κ1) is 17.1. The van der Waals surface area contributed by atoms with E-state index in [0.717, 1.165) is 11.3 Å². The molecule has 3 rings (SSSR count). The molecule has 0 aliphatic carbocycles. The van der Waals surface area contributed by atoms with Gasteiger partial charge in [0, 0.05) is 25.3 Å². The van der Waals surface area contributed by atoms with Crippen LogP contribution in [0.4, 0.5) is 0 Å². The molecule has 8 heteroatoms. The zero-order valence-electron chi connectivity index (χ0n) is 13.9. The van der Waals surface area contributed by atoms with Crippen molar-refractivity contribution in [3.63, 3.8) is 0 Å². The van der Waals surface area contributed by atoms with E-state index in [1.165, 1.54) is 6.33 Å². The van der Waals surface area contributed by atoms with Gasteiger partial charge < -0.3 is 15.2 Å². The van der Waals surface area contributed by atoms with E-state index in [1.54, 1.807) is 23.1 Å². The molecule has 132 valence electrons. The SMILES string of the molecule is Cc1cc(-n2cncn2)ccc1C(=O)NCC1(C(=O)O)CCOCC1. The number of amides is 1. The van der Waals surface area contributed by atoms with Gasteiger partial charge in [0.05, 0.1) is 11.1 Å². The van der Waals surface area contributed by atoms with Gasteiger partial charge in [-0.05, 0) is 43.5 Å². The number of aromatic nitrogens is 3. The predicted molar refractivity (Wildman–Crippen MR) is 88.6 cm³/mol. The molecular formula is C17H20N4O4. The van der Waals surface area contributed by atoms with E-state index in [4.69, 9.17) is 4.74 Å². The number of aliphatic carboxylic acids is 1. The number of carboxylic acid groups (broad SMARTS) is 1. The normalized spacial score (nSPS) is 16.4. The van der Waals surface area contributed by atoms with Crippen molar-refractivity contribution >= 4 is 11.9 Å². The number of ether oxygens (including phenoxy) is 1. The van der Waals surface area contributed by atoms with Crippen LogP contribution >= 0.6 is 0 Å². The van der Waals surface area contributed by atoms with Gasteiger partial charge in [-0.25, -0.2) is 9.67 Å². The Balaban J connectivity index is 1.72. The highest BCUT2D eigenvalue weighted by molar-refractivity contribution is 5.96. The van der Waals surface area contributed by atoms with Gasteiger partial charge in [0.25, 0.3) is 5.91 Å². The number of benzene rings is 1. The molecule has 2 N–H and O–H groups in total. The van der Waals surface area contributed by atoms with Crippen LogP contribution in [0.1, 0.15) is 28.8 Å². The highest BCUT2D eigenvalue weighted by Crippen LogP contribution is 2.30. The number of carbonyl (C=O) groups excluding carboxylic acids is 1. The molecule has 2 aromatic rings. The summed E-state index contributed by atoms with van der Waals surface area (Å²) >= 11 is 0.